The highest BCUT2D eigenvalue weighted by Crippen LogP contribution is 2.29. The van der Waals surface area contributed by atoms with Crippen LogP contribution >= 0.6 is 11.3 Å². The molecule has 1 amide bonds. The number of carbonyl (C=O) groups is 1. The minimum Gasteiger partial charge on any atom is -0.350 e. The molecule has 5 nitrogen and oxygen atoms in total. The third-order valence-electron chi connectivity index (χ3n) is 3.67. The van der Waals surface area contributed by atoms with Crippen molar-refractivity contribution in [3.63, 3.8) is 0 Å². The normalized spacial score (nSPS) is 11.5. The Balaban J connectivity index is 1.54. The van der Waals surface area contributed by atoms with Gasteiger partial charge in [-0.2, -0.15) is 18.3 Å². The van der Waals surface area contributed by atoms with Crippen molar-refractivity contribution < 1.29 is 18.0 Å². The maximum Gasteiger partial charge on any atom is 0.416 e. The zero-order chi connectivity index (χ0) is 18.7. The molecule has 3 rings (SSSR count). The van der Waals surface area contributed by atoms with E-state index in [4.69, 9.17) is 0 Å². The predicted molar refractivity (Wildman–Crippen MR) is 91.8 cm³/mol. The molecule has 0 radical (unpaired) electrons. The van der Waals surface area contributed by atoms with Crippen LogP contribution in [0, 0.1) is 0 Å². The minimum atomic E-state index is -4.34. The number of halogens is 3. The summed E-state index contributed by atoms with van der Waals surface area (Å²) in [6.45, 7) is 0.309. The number of nitrogens with zero attached hydrogens (tertiary/aromatic N) is 3. The molecule has 3 aromatic rings. The molecule has 1 N–H and O–H groups in total. The summed E-state index contributed by atoms with van der Waals surface area (Å²) in [5.74, 6) is -0.316. The first-order chi connectivity index (χ1) is 12.3. The number of hydrogen-bond donors (Lipinski definition) is 1. The van der Waals surface area contributed by atoms with E-state index in [1.165, 1.54) is 23.5 Å². The first-order valence-electron chi connectivity index (χ1n) is 7.72. The Bertz CT molecular complexity index is 899. The van der Waals surface area contributed by atoms with Gasteiger partial charge in [-0.1, -0.05) is 12.1 Å². The van der Waals surface area contributed by atoms with Crippen molar-refractivity contribution >= 4 is 17.2 Å². The van der Waals surface area contributed by atoms with Crippen LogP contribution in [0.4, 0.5) is 13.2 Å². The Morgan fingerprint density at radius 2 is 2.00 bits per heavy atom. The van der Waals surface area contributed by atoms with Crippen molar-refractivity contribution in [2.24, 2.45) is 7.05 Å². The minimum absolute atomic E-state index is 0.307. The van der Waals surface area contributed by atoms with Gasteiger partial charge in [-0.3, -0.25) is 9.48 Å². The van der Waals surface area contributed by atoms with Gasteiger partial charge in [-0.15, -0.1) is 11.3 Å². The van der Waals surface area contributed by atoms with E-state index in [9.17, 15) is 18.0 Å². The maximum absolute atomic E-state index is 12.5. The molecule has 0 unspecified atom stereocenters. The summed E-state index contributed by atoms with van der Waals surface area (Å²) >= 11 is 1.35. The molecular formula is C17H15F3N4OS. The summed E-state index contributed by atoms with van der Waals surface area (Å²) in [4.78, 5) is 16.4. The molecule has 0 atom stereocenters. The number of benzene rings is 1. The zero-order valence-corrected chi connectivity index (χ0v) is 14.6. The van der Waals surface area contributed by atoms with Crippen LogP contribution in [0.15, 0.2) is 42.0 Å². The molecule has 1 aromatic carbocycles. The number of rotatable bonds is 5. The summed E-state index contributed by atoms with van der Waals surface area (Å²) < 4.78 is 39.2. The van der Waals surface area contributed by atoms with Gasteiger partial charge in [0.2, 0.25) is 0 Å². The zero-order valence-electron chi connectivity index (χ0n) is 13.7. The maximum atomic E-state index is 12.5. The highest BCUT2D eigenvalue weighted by atomic mass is 32.1. The molecule has 26 heavy (non-hydrogen) atoms. The molecule has 9 heteroatoms. The van der Waals surface area contributed by atoms with Gasteiger partial charge in [0.15, 0.2) is 0 Å². The van der Waals surface area contributed by atoms with Gasteiger partial charge in [-0.05, 0) is 24.1 Å². The summed E-state index contributed by atoms with van der Waals surface area (Å²) in [7, 11) is 1.80. The third kappa shape index (κ3) is 4.29. The fraction of sp³-hybridized carbons (Fsp3) is 0.235. The lowest BCUT2D eigenvalue weighted by Gasteiger charge is -2.08. The van der Waals surface area contributed by atoms with E-state index in [1.54, 1.807) is 23.3 Å². The van der Waals surface area contributed by atoms with Gasteiger partial charge in [0, 0.05) is 30.7 Å². The number of aryl methyl sites for hydroxylation is 1. The van der Waals surface area contributed by atoms with Crippen molar-refractivity contribution in [2.75, 3.05) is 6.54 Å². The van der Waals surface area contributed by atoms with E-state index < -0.39 is 11.7 Å². The summed E-state index contributed by atoms with van der Waals surface area (Å²) in [6, 6.07) is 4.91. The van der Waals surface area contributed by atoms with Crippen LogP contribution in [0.2, 0.25) is 0 Å². The lowest BCUT2D eigenvalue weighted by molar-refractivity contribution is -0.137. The van der Waals surface area contributed by atoms with E-state index in [0.717, 1.165) is 17.7 Å². The van der Waals surface area contributed by atoms with Crippen molar-refractivity contribution in [1.82, 2.24) is 20.1 Å². The Hall–Kier alpha value is -2.68. The van der Waals surface area contributed by atoms with Crippen LogP contribution in [-0.4, -0.2) is 27.2 Å². The van der Waals surface area contributed by atoms with Crippen LogP contribution in [0.3, 0.4) is 0 Å². The van der Waals surface area contributed by atoms with Gasteiger partial charge in [0.25, 0.3) is 5.91 Å². The Morgan fingerprint density at radius 1 is 1.27 bits per heavy atom. The molecule has 2 aromatic heterocycles. The molecule has 0 spiro atoms. The van der Waals surface area contributed by atoms with Crippen molar-refractivity contribution in [3.8, 4) is 10.6 Å². The van der Waals surface area contributed by atoms with E-state index in [1.807, 2.05) is 6.20 Å². The Labute approximate surface area is 151 Å². The van der Waals surface area contributed by atoms with E-state index >= 15 is 0 Å². The van der Waals surface area contributed by atoms with Gasteiger partial charge in [0.05, 0.1) is 11.8 Å². The van der Waals surface area contributed by atoms with Crippen LogP contribution in [0.5, 0.6) is 0 Å². The number of hydrogen-bond acceptors (Lipinski definition) is 4. The summed E-state index contributed by atoms with van der Waals surface area (Å²) in [5, 5.41) is 9.15. The van der Waals surface area contributed by atoms with Gasteiger partial charge in [0.1, 0.15) is 10.7 Å². The fourth-order valence-corrected chi connectivity index (χ4v) is 3.09. The van der Waals surface area contributed by atoms with Gasteiger partial charge < -0.3 is 5.32 Å². The highest BCUT2D eigenvalue weighted by Gasteiger charge is 2.29. The smallest absolute Gasteiger partial charge is 0.350 e. The van der Waals surface area contributed by atoms with Gasteiger partial charge >= 0.3 is 6.18 Å². The topological polar surface area (TPSA) is 59.8 Å². The number of amides is 1. The number of carbonyl (C=O) groups excluding carboxylic acids is 1. The molecule has 0 aliphatic carbocycles. The first kappa shape index (κ1) is 18.1. The third-order valence-corrected chi connectivity index (χ3v) is 4.56. The number of aromatic nitrogens is 3. The number of alkyl halides is 3. The van der Waals surface area contributed by atoms with Crippen molar-refractivity contribution in [1.29, 1.82) is 0 Å². The molecule has 0 fully saturated rings. The van der Waals surface area contributed by atoms with E-state index in [2.05, 4.69) is 15.4 Å². The molecule has 0 saturated carbocycles. The summed E-state index contributed by atoms with van der Waals surface area (Å²) in [5.41, 5.74) is 1.17. The highest BCUT2D eigenvalue weighted by molar-refractivity contribution is 7.13. The van der Waals surface area contributed by atoms with Gasteiger partial charge in [-0.25, -0.2) is 4.98 Å². The Kier molecular flexibility index (Phi) is 5.08. The van der Waals surface area contributed by atoms with E-state index in [-0.39, 0.29) is 5.91 Å². The van der Waals surface area contributed by atoms with Crippen LogP contribution in [-0.2, 0) is 19.6 Å². The largest absolute Gasteiger partial charge is 0.416 e. The second kappa shape index (κ2) is 7.28. The molecule has 0 saturated heterocycles. The molecule has 136 valence electrons. The average molecular weight is 380 g/mol. The quantitative estimate of drug-likeness (QED) is 0.737. The predicted octanol–water partition coefficient (Wildman–Crippen LogP) is 3.53. The molecular weight excluding hydrogens is 365 g/mol. The van der Waals surface area contributed by atoms with Crippen molar-refractivity contribution in [2.45, 2.75) is 12.6 Å². The monoisotopic (exact) mass is 380 g/mol. The molecule has 0 aliphatic rings. The SMILES string of the molecule is Cn1cc(-c2nc(C(=O)NCCc3ccc(C(F)(F)F)cc3)cs2)cn1. The van der Waals surface area contributed by atoms with Crippen LogP contribution in [0.25, 0.3) is 10.6 Å². The van der Waals surface area contributed by atoms with Crippen LogP contribution < -0.4 is 5.32 Å². The lowest BCUT2D eigenvalue weighted by Crippen LogP contribution is -2.26. The first-order valence-corrected chi connectivity index (χ1v) is 8.60. The van der Waals surface area contributed by atoms with Crippen LogP contribution in [0.1, 0.15) is 21.6 Å². The van der Waals surface area contributed by atoms with Crippen molar-refractivity contribution in [3.05, 3.63) is 58.9 Å². The summed E-state index contributed by atoms with van der Waals surface area (Å²) in [6.07, 6.45) is -0.428. The lowest BCUT2D eigenvalue weighted by atomic mass is 10.1. The average Bonchev–Trinajstić information content (AvgIpc) is 3.23. The number of nitrogens with one attached hydrogen (secondary N) is 1. The fourth-order valence-electron chi connectivity index (χ4n) is 2.31. The second-order valence-corrected chi connectivity index (χ2v) is 6.50. The standard InChI is InChI=1S/C17H15F3N4OS/c1-24-9-12(8-22-24)16-23-14(10-26-16)15(25)21-7-6-11-2-4-13(5-3-11)17(18,19)20/h2-5,8-10H,6-7H2,1H3,(H,21,25). The second-order valence-electron chi connectivity index (χ2n) is 5.64. The molecule has 2 heterocycles. The molecule has 0 bridgehead atoms. The Morgan fingerprint density at radius 3 is 2.62 bits per heavy atom. The number of thiazole rings is 1. The molecule has 0 aliphatic heterocycles. The van der Waals surface area contributed by atoms with E-state index in [0.29, 0.717) is 29.2 Å².